The van der Waals surface area contributed by atoms with E-state index in [0.717, 1.165) is 5.56 Å². The summed E-state index contributed by atoms with van der Waals surface area (Å²) in [7, 11) is -2.00. The smallest absolute Gasteiger partial charge is 0.303 e. The number of hydrogen-bond donors (Lipinski definition) is 1. The van der Waals surface area contributed by atoms with E-state index < -0.39 is 10.2 Å². The maximum Gasteiger partial charge on any atom is 0.303 e. The van der Waals surface area contributed by atoms with Crippen molar-refractivity contribution in [2.75, 3.05) is 31.0 Å². The fraction of sp³-hybridized carbons (Fsp3) is 0.538. The standard InChI is InChI=1S/C13H22N2O3S/c1-4-15(13-8-6-12(2)7-9-13)19(17,18)14(3)10-5-11-16/h6-9,16H,4-5,10-11H2,1-3H3. The van der Waals surface area contributed by atoms with Crippen molar-refractivity contribution < 1.29 is 13.5 Å². The van der Waals surface area contributed by atoms with E-state index in [1.54, 1.807) is 19.1 Å². The van der Waals surface area contributed by atoms with E-state index in [0.29, 0.717) is 25.2 Å². The maximum atomic E-state index is 12.4. The van der Waals surface area contributed by atoms with Crippen molar-refractivity contribution in [3.8, 4) is 0 Å². The normalized spacial score (nSPS) is 11.8. The highest BCUT2D eigenvalue weighted by atomic mass is 32.2. The molecule has 0 bridgehead atoms. The van der Waals surface area contributed by atoms with E-state index in [1.807, 2.05) is 19.1 Å². The summed E-state index contributed by atoms with van der Waals surface area (Å²) in [5, 5.41) is 8.79. The van der Waals surface area contributed by atoms with Gasteiger partial charge in [0, 0.05) is 26.7 Å². The number of benzene rings is 1. The number of aryl methyl sites for hydroxylation is 1. The summed E-state index contributed by atoms with van der Waals surface area (Å²) in [4.78, 5) is 0. The molecule has 1 aromatic rings. The summed E-state index contributed by atoms with van der Waals surface area (Å²) in [6.45, 7) is 4.42. The van der Waals surface area contributed by atoms with Crippen LogP contribution in [0.3, 0.4) is 0 Å². The molecule has 0 spiro atoms. The number of nitrogens with zero attached hydrogens (tertiary/aromatic N) is 2. The van der Waals surface area contributed by atoms with E-state index in [9.17, 15) is 8.42 Å². The number of rotatable bonds is 7. The fourth-order valence-corrected chi connectivity index (χ4v) is 3.18. The SMILES string of the molecule is CCN(c1ccc(C)cc1)S(=O)(=O)N(C)CCCO. The van der Waals surface area contributed by atoms with Crippen LogP contribution in [0.15, 0.2) is 24.3 Å². The quantitative estimate of drug-likeness (QED) is 0.824. The first-order valence-corrected chi connectivity index (χ1v) is 7.74. The zero-order chi connectivity index (χ0) is 14.5. The minimum absolute atomic E-state index is 0.0173. The third-order valence-electron chi connectivity index (χ3n) is 2.91. The third-order valence-corrected chi connectivity index (χ3v) is 4.91. The maximum absolute atomic E-state index is 12.4. The molecular weight excluding hydrogens is 264 g/mol. The molecule has 0 fully saturated rings. The molecule has 0 unspecified atom stereocenters. The van der Waals surface area contributed by atoms with Crippen LogP contribution in [0, 0.1) is 6.92 Å². The van der Waals surface area contributed by atoms with Gasteiger partial charge in [0.2, 0.25) is 0 Å². The predicted octanol–water partition coefficient (Wildman–Crippen LogP) is 1.38. The molecular formula is C13H22N2O3S. The van der Waals surface area contributed by atoms with Crippen LogP contribution in [-0.4, -0.2) is 44.6 Å². The highest BCUT2D eigenvalue weighted by Gasteiger charge is 2.25. The Kier molecular flexibility index (Phi) is 5.78. The van der Waals surface area contributed by atoms with Gasteiger partial charge in [-0.3, -0.25) is 4.31 Å². The Morgan fingerprint density at radius 3 is 2.26 bits per heavy atom. The Morgan fingerprint density at radius 1 is 1.21 bits per heavy atom. The van der Waals surface area contributed by atoms with Gasteiger partial charge in [0.05, 0.1) is 5.69 Å². The van der Waals surface area contributed by atoms with Gasteiger partial charge >= 0.3 is 10.2 Å². The number of aliphatic hydroxyl groups excluding tert-OH is 1. The average molecular weight is 286 g/mol. The van der Waals surface area contributed by atoms with Gasteiger partial charge < -0.3 is 5.11 Å². The second kappa shape index (κ2) is 6.88. The lowest BCUT2D eigenvalue weighted by Crippen LogP contribution is -2.42. The second-order valence-electron chi connectivity index (χ2n) is 4.41. The van der Waals surface area contributed by atoms with Crippen LogP contribution in [-0.2, 0) is 10.2 Å². The molecule has 0 saturated carbocycles. The van der Waals surface area contributed by atoms with Crippen LogP contribution in [0.2, 0.25) is 0 Å². The van der Waals surface area contributed by atoms with Crippen LogP contribution >= 0.6 is 0 Å². The van der Waals surface area contributed by atoms with Gasteiger partial charge in [-0.25, -0.2) is 0 Å². The van der Waals surface area contributed by atoms with Crippen LogP contribution in [0.5, 0.6) is 0 Å². The summed E-state index contributed by atoms with van der Waals surface area (Å²) in [5.41, 5.74) is 1.75. The lowest BCUT2D eigenvalue weighted by Gasteiger charge is -2.28. The molecule has 1 aromatic carbocycles. The van der Waals surface area contributed by atoms with Crippen LogP contribution < -0.4 is 4.31 Å². The Balaban J connectivity index is 2.98. The minimum Gasteiger partial charge on any atom is -0.396 e. The van der Waals surface area contributed by atoms with Crippen LogP contribution in [0.4, 0.5) is 5.69 Å². The van der Waals surface area contributed by atoms with E-state index in [-0.39, 0.29) is 6.61 Å². The first-order valence-electron chi connectivity index (χ1n) is 6.35. The van der Waals surface area contributed by atoms with Crippen molar-refractivity contribution in [3.63, 3.8) is 0 Å². The second-order valence-corrected chi connectivity index (χ2v) is 6.37. The molecule has 0 aliphatic heterocycles. The van der Waals surface area contributed by atoms with Crippen molar-refractivity contribution in [1.82, 2.24) is 4.31 Å². The van der Waals surface area contributed by atoms with Gasteiger partial charge in [0.25, 0.3) is 0 Å². The Labute approximate surface area is 115 Å². The molecule has 6 heteroatoms. The van der Waals surface area contributed by atoms with E-state index in [1.165, 1.54) is 15.7 Å². The lowest BCUT2D eigenvalue weighted by atomic mass is 10.2. The molecule has 0 amide bonds. The lowest BCUT2D eigenvalue weighted by molar-refractivity contribution is 0.275. The van der Waals surface area contributed by atoms with Crippen LogP contribution in [0.1, 0.15) is 18.9 Å². The minimum atomic E-state index is -3.53. The molecule has 0 atom stereocenters. The molecule has 1 rings (SSSR count). The molecule has 0 saturated heterocycles. The molecule has 19 heavy (non-hydrogen) atoms. The highest BCUT2D eigenvalue weighted by molar-refractivity contribution is 7.90. The fourth-order valence-electron chi connectivity index (χ4n) is 1.77. The van der Waals surface area contributed by atoms with Gasteiger partial charge in [-0.2, -0.15) is 12.7 Å². The van der Waals surface area contributed by atoms with Gasteiger partial charge in [-0.05, 0) is 32.4 Å². The monoisotopic (exact) mass is 286 g/mol. The van der Waals surface area contributed by atoms with Gasteiger partial charge in [-0.15, -0.1) is 0 Å². The van der Waals surface area contributed by atoms with Crippen molar-refractivity contribution >= 4 is 15.9 Å². The average Bonchev–Trinajstić information content (AvgIpc) is 2.38. The Morgan fingerprint density at radius 2 is 1.79 bits per heavy atom. The molecule has 0 aromatic heterocycles. The zero-order valence-corrected chi connectivity index (χ0v) is 12.5. The van der Waals surface area contributed by atoms with Crippen LogP contribution in [0.25, 0.3) is 0 Å². The largest absolute Gasteiger partial charge is 0.396 e. The summed E-state index contributed by atoms with van der Waals surface area (Å²) in [6, 6.07) is 7.38. The summed E-state index contributed by atoms with van der Waals surface area (Å²) < 4.78 is 27.5. The topological polar surface area (TPSA) is 60.9 Å². The predicted molar refractivity (Wildman–Crippen MR) is 77.5 cm³/mol. The van der Waals surface area contributed by atoms with Crippen molar-refractivity contribution in [3.05, 3.63) is 29.8 Å². The van der Waals surface area contributed by atoms with E-state index >= 15 is 0 Å². The van der Waals surface area contributed by atoms with Gasteiger partial charge in [0.1, 0.15) is 0 Å². The summed E-state index contributed by atoms with van der Waals surface area (Å²) >= 11 is 0. The van der Waals surface area contributed by atoms with E-state index in [4.69, 9.17) is 5.11 Å². The molecule has 0 radical (unpaired) electrons. The molecule has 0 aliphatic rings. The highest BCUT2D eigenvalue weighted by Crippen LogP contribution is 2.20. The molecule has 108 valence electrons. The zero-order valence-electron chi connectivity index (χ0n) is 11.7. The molecule has 0 aliphatic carbocycles. The Hall–Kier alpha value is -1.11. The number of hydrogen-bond acceptors (Lipinski definition) is 3. The van der Waals surface area contributed by atoms with Crippen molar-refractivity contribution in [1.29, 1.82) is 0 Å². The van der Waals surface area contributed by atoms with Crippen molar-refractivity contribution in [2.24, 2.45) is 0 Å². The van der Waals surface area contributed by atoms with Gasteiger partial charge in [0.15, 0.2) is 0 Å². The first-order chi connectivity index (χ1) is 8.93. The van der Waals surface area contributed by atoms with Crippen molar-refractivity contribution in [2.45, 2.75) is 20.3 Å². The van der Waals surface area contributed by atoms with E-state index in [2.05, 4.69) is 0 Å². The number of aliphatic hydroxyl groups is 1. The summed E-state index contributed by atoms with van der Waals surface area (Å²) in [5.74, 6) is 0. The van der Waals surface area contributed by atoms with Gasteiger partial charge in [-0.1, -0.05) is 17.7 Å². The molecule has 0 heterocycles. The summed E-state index contributed by atoms with van der Waals surface area (Å²) in [6.07, 6.45) is 0.432. The number of anilines is 1. The molecule has 5 nitrogen and oxygen atoms in total. The Bertz CT molecular complexity index is 485. The third kappa shape index (κ3) is 3.92. The first kappa shape index (κ1) is 15.9. The molecule has 1 N–H and O–H groups in total.